The lowest BCUT2D eigenvalue weighted by atomic mass is 10.2. The number of thiophene rings is 1. The molecule has 0 aliphatic rings. The summed E-state index contributed by atoms with van der Waals surface area (Å²) in [5.41, 5.74) is 2.00. The Balaban J connectivity index is 1.33. The van der Waals surface area contributed by atoms with E-state index in [9.17, 15) is 29.1 Å². The van der Waals surface area contributed by atoms with Gasteiger partial charge >= 0.3 is 18.1 Å². The number of benzene rings is 2. The highest BCUT2D eigenvalue weighted by atomic mass is 32.1. The van der Waals surface area contributed by atoms with Crippen LogP contribution in [-0.4, -0.2) is 54.1 Å². The number of anilines is 1. The van der Waals surface area contributed by atoms with E-state index in [2.05, 4.69) is 26.6 Å². The van der Waals surface area contributed by atoms with Crippen LogP contribution in [0.25, 0.3) is 0 Å². The van der Waals surface area contributed by atoms with Crippen LogP contribution in [0, 0.1) is 0 Å². The minimum Gasteiger partial charge on any atom is -0.480 e. The largest absolute Gasteiger partial charge is 0.480 e. The lowest BCUT2D eigenvalue weighted by Gasteiger charge is -2.15. The fourth-order valence-electron chi connectivity index (χ4n) is 3.26. The second kappa shape index (κ2) is 15.5. The van der Waals surface area contributed by atoms with E-state index in [4.69, 9.17) is 4.74 Å². The number of carbonyl (C=O) groups excluding carboxylic acids is 4. The highest BCUT2D eigenvalue weighted by molar-refractivity contribution is 7.14. The van der Waals surface area contributed by atoms with Gasteiger partial charge in [0.05, 0.1) is 10.6 Å². The molecule has 1 aromatic heterocycles. The Kier molecular flexibility index (Phi) is 11.5. The maximum atomic E-state index is 12.4. The summed E-state index contributed by atoms with van der Waals surface area (Å²) < 4.78 is 5.00. The predicted molar refractivity (Wildman–Crippen MR) is 148 cm³/mol. The van der Waals surface area contributed by atoms with Gasteiger partial charge in [0.1, 0.15) is 12.6 Å². The molecule has 3 aromatic rings. The van der Waals surface area contributed by atoms with Crippen molar-refractivity contribution >= 4 is 46.2 Å². The van der Waals surface area contributed by atoms with Crippen molar-refractivity contribution in [1.29, 1.82) is 0 Å². The first-order valence-corrected chi connectivity index (χ1v) is 13.1. The maximum Gasteiger partial charge on any atom is 0.408 e. The van der Waals surface area contributed by atoms with E-state index in [1.807, 2.05) is 36.4 Å². The number of hydrogen-bond donors (Lipinski definition) is 6. The van der Waals surface area contributed by atoms with Gasteiger partial charge in [0.15, 0.2) is 0 Å². The summed E-state index contributed by atoms with van der Waals surface area (Å²) in [7, 11) is 0. The highest BCUT2D eigenvalue weighted by Gasteiger charge is 2.21. The molecular weight excluding hydrogens is 538 g/mol. The molecule has 2 aromatic carbocycles. The third-order valence-corrected chi connectivity index (χ3v) is 6.18. The van der Waals surface area contributed by atoms with Gasteiger partial charge in [-0.25, -0.2) is 14.4 Å². The number of rotatable bonds is 13. The summed E-state index contributed by atoms with van der Waals surface area (Å²) in [5.74, 6) is -2.30. The Morgan fingerprint density at radius 2 is 1.55 bits per heavy atom. The fourth-order valence-corrected chi connectivity index (χ4v) is 4.03. The summed E-state index contributed by atoms with van der Waals surface area (Å²) in [5, 5.41) is 24.0. The maximum absolute atomic E-state index is 12.4. The molecule has 0 spiro atoms. The van der Waals surface area contributed by atoms with Gasteiger partial charge < -0.3 is 31.1 Å². The molecular formula is C27H29N5O7S. The first-order chi connectivity index (χ1) is 19.3. The Bertz CT molecular complexity index is 1300. The molecule has 12 nitrogen and oxygen atoms in total. The Hall–Kier alpha value is -4.91. The van der Waals surface area contributed by atoms with Crippen molar-refractivity contribution in [3.63, 3.8) is 0 Å². The zero-order chi connectivity index (χ0) is 28.7. The van der Waals surface area contributed by atoms with E-state index in [1.165, 1.54) is 17.4 Å². The van der Waals surface area contributed by atoms with Crippen LogP contribution in [0.15, 0.2) is 72.1 Å². The number of carboxylic acid groups (broad SMARTS) is 1. The van der Waals surface area contributed by atoms with E-state index in [0.29, 0.717) is 17.1 Å². The van der Waals surface area contributed by atoms with E-state index in [1.54, 1.807) is 29.6 Å². The number of ether oxygens (including phenoxy) is 1. The second-order valence-electron chi connectivity index (χ2n) is 8.40. The molecule has 6 N–H and O–H groups in total. The normalized spacial score (nSPS) is 11.0. The van der Waals surface area contributed by atoms with Crippen molar-refractivity contribution in [2.45, 2.75) is 25.6 Å². The van der Waals surface area contributed by atoms with E-state index >= 15 is 0 Å². The van der Waals surface area contributed by atoms with Gasteiger partial charge in [-0.3, -0.25) is 14.9 Å². The highest BCUT2D eigenvalue weighted by Crippen LogP contribution is 2.20. The van der Waals surface area contributed by atoms with E-state index in [0.717, 1.165) is 11.1 Å². The van der Waals surface area contributed by atoms with Crippen molar-refractivity contribution in [3.05, 3.63) is 88.8 Å². The number of carbonyl (C=O) groups is 5. The summed E-state index contributed by atoms with van der Waals surface area (Å²) in [6, 6.07) is 18.0. The molecule has 13 heteroatoms. The van der Waals surface area contributed by atoms with Gasteiger partial charge in [-0.15, -0.1) is 11.3 Å². The molecule has 1 heterocycles. The van der Waals surface area contributed by atoms with Crippen molar-refractivity contribution in [2.75, 3.05) is 18.4 Å². The third-order valence-electron chi connectivity index (χ3n) is 5.34. The van der Waals surface area contributed by atoms with Gasteiger partial charge in [-0.2, -0.15) is 0 Å². The van der Waals surface area contributed by atoms with Gasteiger partial charge in [-0.05, 0) is 17.2 Å². The third kappa shape index (κ3) is 10.5. The van der Waals surface area contributed by atoms with Crippen LogP contribution < -0.4 is 26.6 Å². The lowest BCUT2D eigenvalue weighted by Crippen LogP contribution is -2.48. The Morgan fingerprint density at radius 1 is 0.875 bits per heavy atom. The van der Waals surface area contributed by atoms with Crippen LogP contribution in [0.4, 0.5) is 14.6 Å². The quantitative estimate of drug-likeness (QED) is 0.184. The van der Waals surface area contributed by atoms with Crippen LogP contribution in [0.2, 0.25) is 0 Å². The standard InChI is InChI=1S/C27H29N5O7S/c33-22(29-15-21(25(35)36)31-27(38)39-16-19-9-5-2-6-10-19)11-12-28-24(34)20-13-23(40-17-20)32-26(37)30-14-18-7-3-1-4-8-18/h1-10,13,17,21H,11-12,14-16H2,(H,28,34)(H,29,33)(H,31,38)(H,35,36)(H2,30,32,37)/t21-/m0/s1. The molecule has 210 valence electrons. The van der Waals surface area contributed by atoms with Gasteiger partial charge in [0.25, 0.3) is 5.91 Å². The molecule has 0 fully saturated rings. The summed E-state index contributed by atoms with van der Waals surface area (Å²) in [4.78, 5) is 60.0. The van der Waals surface area contributed by atoms with E-state index < -0.39 is 35.9 Å². The SMILES string of the molecule is O=C(CCNC(=O)c1csc(NC(=O)NCc2ccccc2)c1)NC[C@H](NC(=O)OCc1ccccc1)C(=O)O. The summed E-state index contributed by atoms with van der Waals surface area (Å²) in [6.45, 7) is -0.0527. The number of amides is 5. The number of carboxylic acids is 1. The van der Waals surface area contributed by atoms with Crippen LogP contribution in [-0.2, 0) is 27.5 Å². The zero-order valence-electron chi connectivity index (χ0n) is 21.3. The Morgan fingerprint density at radius 3 is 2.23 bits per heavy atom. The van der Waals surface area contributed by atoms with Crippen molar-refractivity contribution in [3.8, 4) is 0 Å². The Labute approximate surface area is 234 Å². The van der Waals surface area contributed by atoms with Crippen molar-refractivity contribution < 1.29 is 33.8 Å². The van der Waals surface area contributed by atoms with Gasteiger partial charge in [0, 0.05) is 31.4 Å². The van der Waals surface area contributed by atoms with E-state index in [-0.39, 0.29) is 26.1 Å². The van der Waals surface area contributed by atoms with Crippen LogP contribution in [0.1, 0.15) is 27.9 Å². The minimum absolute atomic E-state index is 0.00881. The lowest BCUT2D eigenvalue weighted by molar-refractivity contribution is -0.139. The molecule has 0 bridgehead atoms. The first kappa shape index (κ1) is 29.6. The minimum atomic E-state index is -1.40. The molecule has 0 unspecified atom stereocenters. The van der Waals surface area contributed by atoms with Crippen molar-refractivity contribution in [2.24, 2.45) is 0 Å². The summed E-state index contributed by atoms with van der Waals surface area (Å²) in [6.07, 6.45) is -1.05. The molecule has 0 saturated heterocycles. The first-order valence-electron chi connectivity index (χ1n) is 12.2. The van der Waals surface area contributed by atoms with Gasteiger partial charge in [-0.1, -0.05) is 60.7 Å². The number of urea groups is 1. The number of hydrogen-bond acceptors (Lipinski definition) is 7. The van der Waals surface area contributed by atoms with Gasteiger partial charge in [0.2, 0.25) is 5.91 Å². The molecule has 5 amide bonds. The molecule has 0 saturated carbocycles. The van der Waals surface area contributed by atoms with Crippen LogP contribution >= 0.6 is 11.3 Å². The second-order valence-corrected chi connectivity index (χ2v) is 9.31. The molecule has 3 rings (SSSR count). The van der Waals surface area contributed by atoms with Crippen LogP contribution in [0.5, 0.6) is 0 Å². The topological polar surface area (TPSA) is 175 Å². The fraction of sp³-hybridized carbons (Fsp3) is 0.222. The average Bonchev–Trinajstić information content (AvgIpc) is 3.42. The molecule has 0 aliphatic heterocycles. The zero-order valence-corrected chi connectivity index (χ0v) is 22.2. The van der Waals surface area contributed by atoms with Crippen molar-refractivity contribution in [1.82, 2.24) is 21.3 Å². The van der Waals surface area contributed by atoms with Crippen LogP contribution in [0.3, 0.4) is 0 Å². The smallest absolute Gasteiger partial charge is 0.408 e. The molecule has 1 atom stereocenters. The average molecular weight is 568 g/mol. The molecule has 0 radical (unpaired) electrons. The number of nitrogens with one attached hydrogen (secondary N) is 5. The number of alkyl carbamates (subject to hydrolysis) is 1. The molecule has 40 heavy (non-hydrogen) atoms. The number of aliphatic carboxylic acids is 1. The molecule has 0 aliphatic carbocycles. The predicted octanol–water partition coefficient (Wildman–Crippen LogP) is 2.69. The summed E-state index contributed by atoms with van der Waals surface area (Å²) >= 11 is 1.18. The monoisotopic (exact) mass is 567 g/mol.